The molecule has 84 valence electrons. The lowest BCUT2D eigenvalue weighted by Gasteiger charge is -2.26. The fourth-order valence-electron chi connectivity index (χ4n) is 2.14. The minimum absolute atomic E-state index is 0.405. The van der Waals surface area contributed by atoms with Gasteiger partial charge in [0.2, 0.25) is 0 Å². The molecule has 0 aromatic rings. The Kier molecular flexibility index (Phi) is 3.68. The maximum Gasteiger partial charge on any atom is 0.125 e. The van der Waals surface area contributed by atoms with Gasteiger partial charge in [0.15, 0.2) is 0 Å². The normalized spacial score (nSPS) is 28.1. The monoisotopic (exact) mass is 226 g/mol. The van der Waals surface area contributed by atoms with Gasteiger partial charge in [0.1, 0.15) is 11.0 Å². The first-order valence-corrected chi connectivity index (χ1v) is 6.34. The lowest BCUT2D eigenvalue weighted by molar-refractivity contribution is 0.351. The number of aliphatic imine (C=N–C) groups is 1. The van der Waals surface area contributed by atoms with Crippen LogP contribution in [0, 0.1) is 5.92 Å². The van der Waals surface area contributed by atoms with Crippen LogP contribution in [0.15, 0.2) is 16.9 Å². The molecule has 2 aliphatic rings. The summed E-state index contributed by atoms with van der Waals surface area (Å²) in [4.78, 5) is 6.89. The summed E-state index contributed by atoms with van der Waals surface area (Å²) in [6.07, 6.45) is 8.57. The smallest absolute Gasteiger partial charge is 0.125 e. The van der Waals surface area contributed by atoms with Crippen molar-refractivity contribution in [3.05, 3.63) is 11.9 Å². The van der Waals surface area contributed by atoms with Crippen molar-refractivity contribution < 1.29 is 0 Å². The average Bonchev–Trinajstić information content (AvgIpc) is 2.50. The maximum atomic E-state index is 6.10. The highest BCUT2D eigenvalue weighted by molar-refractivity contribution is 6.66. The zero-order valence-electron chi connectivity index (χ0n) is 9.38. The molecule has 0 radical (unpaired) electrons. The largest absolute Gasteiger partial charge is 0.357 e. The standard InChI is InChI=1S/C12H19ClN2/c1-10-6-7-11(14-12(10)13)15-8-4-2-3-5-9-15/h7,10H,2-6,8-9H2,1H3. The van der Waals surface area contributed by atoms with E-state index in [1.54, 1.807) is 0 Å². The predicted molar refractivity (Wildman–Crippen MR) is 65.2 cm³/mol. The summed E-state index contributed by atoms with van der Waals surface area (Å²) in [5.74, 6) is 1.52. The van der Waals surface area contributed by atoms with E-state index in [2.05, 4.69) is 22.9 Å². The lowest BCUT2D eigenvalue weighted by atomic mass is 10.1. The Hall–Kier alpha value is -0.500. The number of rotatable bonds is 1. The minimum Gasteiger partial charge on any atom is -0.357 e. The van der Waals surface area contributed by atoms with Crippen molar-refractivity contribution in [3.63, 3.8) is 0 Å². The number of nitrogens with zero attached hydrogens (tertiary/aromatic N) is 2. The van der Waals surface area contributed by atoms with Crippen LogP contribution < -0.4 is 0 Å². The number of allylic oxidation sites excluding steroid dienone is 1. The van der Waals surface area contributed by atoms with E-state index in [4.69, 9.17) is 11.6 Å². The van der Waals surface area contributed by atoms with Gasteiger partial charge in [-0.05, 0) is 25.3 Å². The summed E-state index contributed by atoms with van der Waals surface area (Å²) in [5, 5.41) is 0.775. The topological polar surface area (TPSA) is 15.6 Å². The summed E-state index contributed by atoms with van der Waals surface area (Å²) in [6.45, 7) is 4.42. The van der Waals surface area contributed by atoms with Gasteiger partial charge in [-0.25, -0.2) is 4.99 Å². The molecular formula is C12H19ClN2. The Bertz CT molecular complexity index is 275. The molecule has 1 saturated heterocycles. The molecule has 0 aromatic carbocycles. The molecule has 0 amide bonds. The Labute approximate surface area is 97.0 Å². The van der Waals surface area contributed by atoms with Crippen LogP contribution in [0.3, 0.4) is 0 Å². The van der Waals surface area contributed by atoms with Crippen LogP contribution in [0.25, 0.3) is 0 Å². The van der Waals surface area contributed by atoms with Gasteiger partial charge in [-0.2, -0.15) is 0 Å². The summed E-state index contributed by atoms with van der Waals surface area (Å²) < 4.78 is 0. The molecule has 2 nitrogen and oxygen atoms in total. The van der Waals surface area contributed by atoms with Crippen molar-refractivity contribution in [1.29, 1.82) is 0 Å². The Balaban J connectivity index is 2.04. The van der Waals surface area contributed by atoms with E-state index in [9.17, 15) is 0 Å². The quantitative estimate of drug-likeness (QED) is 0.669. The first-order chi connectivity index (χ1) is 7.27. The predicted octanol–water partition coefficient (Wildman–Crippen LogP) is 3.38. The van der Waals surface area contributed by atoms with Crippen LogP contribution >= 0.6 is 11.6 Å². The van der Waals surface area contributed by atoms with Gasteiger partial charge in [-0.15, -0.1) is 0 Å². The van der Waals surface area contributed by atoms with Crippen LogP contribution in [0.4, 0.5) is 0 Å². The van der Waals surface area contributed by atoms with Crippen LogP contribution in [0.2, 0.25) is 0 Å². The van der Waals surface area contributed by atoms with Crippen molar-refractivity contribution in [2.45, 2.75) is 39.0 Å². The van der Waals surface area contributed by atoms with Crippen molar-refractivity contribution in [2.24, 2.45) is 10.9 Å². The van der Waals surface area contributed by atoms with E-state index in [-0.39, 0.29) is 0 Å². The molecule has 0 spiro atoms. The van der Waals surface area contributed by atoms with E-state index in [0.29, 0.717) is 5.92 Å². The fourth-order valence-corrected chi connectivity index (χ4v) is 2.32. The summed E-state index contributed by atoms with van der Waals surface area (Å²) in [5.41, 5.74) is 0. The maximum absolute atomic E-state index is 6.10. The van der Waals surface area contributed by atoms with Gasteiger partial charge in [0.05, 0.1) is 0 Å². The van der Waals surface area contributed by atoms with E-state index in [1.807, 2.05) is 0 Å². The van der Waals surface area contributed by atoms with Gasteiger partial charge < -0.3 is 4.90 Å². The lowest BCUT2D eigenvalue weighted by Crippen LogP contribution is -2.25. The summed E-state index contributed by atoms with van der Waals surface area (Å²) in [6, 6.07) is 0. The van der Waals surface area contributed by atoms with Crippen LogP contribution in [-0.2, 0) is 0 Å². The molecule has 0 aliphatic carbocycles. The minimum atomic E-state index is 0.405. The summed E-state index contributed by atoms with van der Waals surface area (Å²) >= 11 is 6.10. The molecule has 1 fully saturated rings. The first kappa shape index (κ1) is 11.0. The third-order valence-electron chi connectivity index (χ3n) is 3.21. The molecule has 1 atom stereocenters. The first-order valence-electron chi connectivity index (χ1n) is 5.96. The van der Waals surface area contributed by atoms with Crippen molar-refractivity contribution >= 4 is 16.8 Å². The van der Waals surface area contributed by atoms with Gasteiger partial charge in [0, 0.05) is 19.0 Å². The molecule has 1 unspecified atom stereocenters. The Morgan fingerprint density at radius 1 is 1.27 bits per heavy atom. The molecule has 0 N–H and O–H groups in total. The number of hydrogen-bond donors (Lipinski definition) is 0. The summed E-state index contributed by atoms with van der Waals surface area (Å²) in [7, 11) is 0. The average molecular weight is 227 g/mol. The zero-order valence-corrected chi connectivity index (χ0v) is 10.1. The third-order valence-corrected chi connectivity index (χ3v) is 3.67. The van der Waals surface area contributed by atoms with Crippen molar-refractivity contribution in [3.8, 4) is 0 Å². The molecule has 3 heteroatoms. The molecular weight excluding hydrogens is 208 g/mol. The fraction of sp³-hybridized carbons (Fsp3) is 0.750. The van der Waals surface area contributed by atoms with Crippen LogP contribution in [0.1, 0.15) is 39.0 Å². The zero-order chi connectivity index (χ0) is 10.7. The number of likely N-dealkylation sites (tertiary alicyclic amines) is 1. The van der Waals surface area contributed by atoms with E-state index < -0.39 is 0 Å². The SMILES string of the molecule is CC1CC=C(N2CCCCCC2)N=C1Cl. The van der Waals surface area contributed by atoms with Gasteiger partial charge in [-0.3, -0.25) is 0 Å². The van der Waals surface area contributed by atoms with E-state index in [1.165, 1.54) is 25.7 Å². The highest BCUT2D eigenvalue weighted by Gasteiger charge is 2.18. The van der Waals surface area contributed by atoms with E-state index >= 15 is 0 Å². The van der Waals surface area contributed by atoms with Crippen molar-refractivity contribution in [2.75, 3.05) is 13.1 Å². The second-order valence-corrected chi connectivity index (χ2v) is 4.92. The molecule has 2 heterocycles. The van der Waals surface area contributed by atoms with Gasteiger partial charge in [-0.1, -0.05) is 31.4 Å². The molecule has 0 aromatic heterocycles. The highest BCUT2D eigenvalue weighted by Crippen LogP contribution is 2.23. The molecule has 2 aliphatic heterocycles. The van der Waals surface area contributed by atoms with Crippen LogP contribution in [0.5, 0.6) is 0 Å². The van der Waals surface area contributed by atoms with E-state index in [0.717, 1.165) is 30.5 Å². The molecule has 15 heavy (non-hydrogen) atoms. The third kappa shape index (κ3) is 2.75. The second kappa shape index (κ2) is 5.02. The van der Waals surface area contributed by atoms with Crippen LogP contribution in [-0.4, -0.2) is 23.2 Å². The number of hydrogen-bond acceptors (Lipinski definition) is 2. The Morgan fingerprint density at radius 3 is 2.53 bits per heavy atom. The van der Waals surface area contributed by atoms with Crippen molar-refractivity contribution in [1.82, 2.24) is 4.90 Å². The second-order valence-electron chi connectivity index (χ2n) is 4.53. The Morgan fingerprint density at radius 2 is 1.93 bits per heavy atom. The molecule has 0 saturated carbocycles. The van der Waals surface area contributed by atoms with Gasteiger partial charge >= 0.3 is 0 Å². The number of halogens is 1. The van der Waals surface area contributed by atoms with Gasteiger partial charge in [0.25, 0.3) is 0 Å². The highest BCUT2D eigenvalue weighted by atomic mass is 35.5. The molecule has 2 rings (SSSR count). The molecule has 0 bridgehead atoms.